The standard InChI is InChI=1S/C15H19N3O4/c1-16-7-3-5-11(16)12(19)13(20)18-8-4-6-15(10-18)9-17(2)14(21)22-15/h3,5,7H,4,6,8-10H2,1-2H3/t15-/m1/s1. The lowest BCUT2D eigenvalue weighted by molar-refractivity contribution is -0.132. The largest absolute Gasteiger partial charge is 0.439 e. The lowest BCUT2D eigenvalue weighted by atomic mass is 9.92. The number of piperidine rings is 1. The molecule has 7 nitrogen and oxygen atoms in total. The number of ketones is 1. The van der Waals surface area contributed by atoms with Crippen molar-refractivity contribution in [3.63, 3.8) is 0 Å². The van der Waals surface area contributed by atoms with Gasteiger partial charge in [0, 0.05) is 26.8 Å². The van der Waals surface area contributed by atoms with Crippen molar-refractivity contribution in [2.45, 2.75) is 18.4 Å². The summed E-state index contributed by atoms with van der Waals surface area (Å²) < 4.78 is 7.08. The number of likely N-dealkylation sites (N-methyl/N-ethyl adjacent to an activating group) is 1. The summed E-state index contributed by atoms with van der Waals surface area (Å²) >= 11 is 0. The molecule has 3 heterocycles. The first-order chi connectivity index (χ1) is 10.4. The van der Waals surface area contributed by atoms with E-state index in [1.54, 1.807) is 37.0 Å². The smallest absolute Gasteiger partial charge is 0.410 e. The molecule has 0 N–H and O–H groups in total. The van der Waals surface area contributed by atoms with Crippen LogP contribution in [0.2, 0.25) is 0 Å². The number of amides is 2. The highest BCUT2D eigenvalue weighted by molar-refractivity contribution is 6.42. The Morgan fingerprint density at radius 3 is 2.64 bits per heavy atom. The van der Waals surface area contributed by atoms with Gasteiger partial charge in [0.1, 0.15) is 5.60 Å². The van der Waals surface area contributed by atoms with E-state index < -0.39 is 17.3 Å². The van der Waals surface area contributed by atoms with Crippen LogP contribution >= 0.6 is 0 Å². The van der Waals surface area contributed by atoms with Crippen LogP contribution in [0.25, 0.3) is 0 Å². The SMILES string of the molecule is CN1C[C@@]2(CCCN(C(=O)C(=O)c3cccn3C)C2)OC1=O. The maximum Gasteiger partial charge on any atom is 0.410 e. The Balaban J connectivity index is 1.75. The van der Waals surface area contributed by atoms with Gasteiger partial charge in [0.05, 0.1) is 18.8 Å². The van der Waals surface area contributed by atoms with Crippen LogP contribution in [-0.2, 0) is 16.6 Å². The quantitative estimate of drug-likeness (QED) is 0.594. The van der Waals surface area contributed by atoms with E-state index in [-0.39, 0.29) is 12.6 Å². The van der Waals surface area contributed by atoms with E-state index in [0.29, 0.717) is 31.6 Å². The second-order valence-electron chi connectivity index (χ2n) is 6.07. The summed E-state index contributed by atoms with van der Waals surface area (Å²) in [7, 11) is 3.40. The van der Waals surface area contributed by atoms with E-state index >= 15 is 0 Å². The number of carbonyl (C=O) groups excluding carboxylic acids is 3. The fourth-order valence-corrected chi connectivity index (χ4v) is 3.23. The molecule has 22 heavy (non-hydrogen) atoms. The van der Waals surface area contributed by atoms with Gasteiger partial charge in [0.15, 0.2) is 0 Å². The molecule has 2 aliphatic heterocycles. The van der Waals surface area contributed by atoms with Crippen LogP contribution < -0.4 is 0 Å². The number of rotatable bonds is 2. The molecule has 118 valence electrons. The average molecular weight is 305 g/mol. The highest BCUT2D eigenvalue weighted by atomic mass is 16.6. The van der Waals surface area contributed by atoms with Crippen molar-refractivity contribution in [2.75, 3.05) is 26.7 Å². The molecule has 0 aromatic carbocycles. The molecule has 0 saturated carbocycles. The molecule has 2 aliphatic rings. The van der Waals surface area contributed by atoms with Gasteiger partial charge < -0.3 is 19.1 Å². The van der Waals surface area contributed by atoms with Crippen molar-refractivity contribution in [2.24, 2.45) is 7.05 Å². The molecule has 2 saturated heterocycles. The van der Waals surface area contributed by atoms with Gasteiger partial charge in [-0.1, -0.05) is 0 Å². The Kier molecular flexibility index (Phi) is 3.42. The fraction of sp³-hybridized carbons (Fsp3) is 0.533. The second-order valence-corrected chi connectivity index (χ2v) is 6.07. The predicted octanol–water partition coefficient (Wildman–Crippen LogP) is 0.651. The van der Waals surface area contributed by atoms with Gasteiger partial charge in [-0.15, -0.1) is 0 Å². The van der Waals surface area contributed by atoms with Crippen molar-refractivity contribution in [3.05, 3.63) is 24.0 Å². The number of aryl methyl sites for hydroxylation is 1. The number of carbonyl (C=O) groups is 3. The van der Waals surface area contributed by atoms with Crippen LogP contribution in [0.5, 0.6) is 0 Å². The number of nitrogens with zero attached hydrogens (tertiary/aromatic N) is 3. The van der Waals surface area contributed by atoms with E-state index in [1.165, 1.54) is 9.80 Å². The second kappa shape index (κ2) is 5.15. The summed E-state index contributed by atoms with van der Waals surface area (Å²) in [6.07, 6.45) is 2.78. The third kappa shape index (κ3) is 2.36. The Labute approximate surface area is 128 Å². The zero-order valence-corrected chi connectivity index (χ0v) is 12.7. The number of likely N-dealkylation sites (tertiary alicyclic amines) is 1. The Morgan fingerprint density at radius 1 is 1.27 bits per heavy atom. The topological polar surface area (TPSA) is 71.8 Å². The summed E-state index contributed by atoms with van der Waals surface area (Å²) in [5, 5.41) is 0. The third-order valence-electron chi connectivity index (χ3n) is 4.34. The van der Waals surface area contributed by atoms with E-state index in [9.17, 15) is 14.4 Å². The molecule has 1 spiro atoms. The summed E-state index contributed by atoms with van der Waals surface area (Å²) in [6.45, 7) is 1.24. The first-order valence-electron chi connectivity index (χ1n) is 7.31. The minimum Gasteiger partial charge on any atom is -0.439 e. The summed E-state index contributed by atoms with van der Waals surface area (Å²) in [6, 6.07) is 3.36. The van der Waals surface area contributed by atoms with Crippen LogP contribution in [0.1, 0.15) is 23.3 Å². The molecule has 7 heteroatoms. The first kappa shape index (κ1) is 14.6. The van der Waals surface area contributed by atoms with E-state index in [4.69, 9.17) is 4.74 Å². The van der Waals surface area contributed by atoms with E-state index in [0.717, 1.165) is 0 Å². The van der Waals surface area contributed by atoms with Gasteiger partial charge in [-0.25, -0.2) is 4.79 Å². The molecule has 1 aromatic rings. The molecular formula is C15H19N3O4. The van der Waals surface area contributed by atoms with Gasteiger partial charge in [-0.2, -0.15) is 0 Å². The van der Waals surface area contributed by atoms with Crippen LogP contribution in [-0.4, -0.2) is 64.4 Å². The summed E-state index contributed by atoms with van der Waals surface area (Å²) in [5.41, 5.74) is -0.307. The van der Waals surface area contributed by atoms with Crippen LogP contribution in [0.15, 0.2) is 18.3 Å². The van der Waals surface area contributed by atoms with Crippen LogP contribution in [0, 0.1) is 0 Å². The molecule has 3 rings (SSSR count). The molecule has 1 aromatic heterocycles. The van der Waals surface area contributed by atoms with Gasteiger partial charge in [-0.05, 0) is 25.0 Å². The number of hydrogen-bond acceptors (Lipinski definition) is 4. The van der Waals surface area contributed by atoms with Gasteiger partial charge in [0.2, 0.25) is 0 Å². The van der Waals surface area contributed by atoms with Crippen LogP contribution in [0.4, 0.5) is 4.79 Å². The predicted molar refractivity (Wildman–Crippen MR) is 77.4 cm³/mol. The van der Waals surface area contributed by atoms with Crippen LogP contribution in [0.3, 0.4) is 0 Å². The molecule has 0 radical (unpaired) electrons. The van der Waals surface area contributed by atoms with Gasteiger partial charge >= 0.3 is 6.09 Å². The van der Waals surface area contributed by atoms with Crippen molar-refractivity contribution in [1.29, 1.82) is 0 Å². The van der Waals surface area contributed by atoms with Gasteiger partial charge in [0.25, 0.3) is 11.7 Å². The Bertz CT molecular complexity index is 638. The number of aromatic nitrogens is 1. The monoisotopic (exact) mass is 305 g/mol. The molecule has 0 aliphatic carbocycles. The molecule has 0 bridgehead atoms. The maximum absolute atomic E-state index is 12.5. The van der Waals surface area contributed by atoms with Gasteiger partial charge in [-0.3, -0.25) is 9.59 Å². The van der Waals surface area contributed by atoms with E-state index in [2.05, 4.69) is 0 Å². The fourth-order valence-electron chi connectivity index (χ4n) is 3.23. The zero-order valence-electron chi connectivity index (χ0n) is 12.7. The molecule has 2 amide bonds. The maximum atomic E-state index is 12.5. The number of hydrogen-bond donors (Lipinski definition) is 0. The normalized spacial score (nSPS) is 24.7. The minimum atomic E-state index is -0.672. The average Bonchev–Trinajstić information content (AvgIpc) is 3.02. The summed E-state index contributed by atoms with van der Waals surface area (Å²) in [5.74, 6) is -1.06. The lowest BCUT2D eigenvalue weighted by Crippen LogP contribution is -2.53. The molecular weight excluding hydrogens is 286 g/mol. The third-order valence-corrected chi connectivity index (χ3v) is 4.34. The molecule has 2 fully saturated rings. The van der Waals surface area contributed by atoms with Crippen molar-refractivity contribution in [3.8, 4) is 0 Å². The highest BCUT2D eigenvalue weighted by Gasteiger charge is 2.48. The summed E-state index contributed by atoms with van der Waals surface area (Å²) in [4.78, 5) is 39.4. The first-order valence-corrected chi connectivity index (χ1v) is 7.31. The van der Waals surface area contributed by atoms with Crippen molar-refractivity contribution < 1.29 is 19.1 Å². The number of ether oxygens (including phenoxy) is 1. The Morgan fingerprint density at radius 2 is 2.05 bits per heavy atom. The molecule has 1 atom stereocenters. The zero-order chi connectivity index (χ0) is 15.9. The van der Waals surface area contributed by atoms with Crippen molar-refractivity contribution >= 4 is 17.8 Å². The minimum absolute atomic E-state index is 0.276. The number of Topliss-reactive ketones (excluding diaryl/α,β-unsaturated/α-hetero) is 1. The molecule has 0 unspecified atom stereocenters. The highest BCUT2D eigenvalue weighted by Crippen LogP contribution is 2.31. The van der Waals surface area contributed by atoms with Crippen molar-refractivity contribution in [1.82, 2.24) is 14.4 Å². The van der Waals surface area contributed by atoms with E-state index in [1.807, 2.05) is 0 Å². The lowest BCUT2D eigenvalue weighted by Gasteiger charge is -2.37. The Hall–Kier alpha value is -2.31.